The summed E-state index contributed by atoms with van der Waals surface area (Å²) in [6, 6.07) is -0.619. The van der Waals surface area contributed by atoms with Crippen LogP contribution in [0.15, 0.2) is 17.2 Å². The van der Waals surface area contributed by atoms with Gasteiger partial charge in [0.2, 0.25) is 0 Å². The number of aromatic nitrogens is 2. The van der Waals surface area contributed by atoms with Crippen molar-refractivity contribution in [2.24, 2.45) is 0 Å². The van der Waals surface area contributed by atoms with Gasteiger partial charge in [0.25, 0.3) is 5.56 Å². The smallest absolute Gasteiger partial charge is 0.330 e. The van der Waals surface area contributed by atoms with E-state index in [1.54, 1.807) is 21.9 Å². The van der Waals surface area contributed by atoms with Crippen LogP contribution in [0.2, 0.25) is 0 Å². The molecule has 2 heterocycles. The van der Waals surface area contributed by atoms with Crippen molar-refractivity contribution in [1.29, 1.82) is 0 Å². The summed E-state index contributed by atoms with van der Waals surface area (Å²) in [5.74, 6) is -0.157. The molecule has 1 aliphatic rings. The minimum Gasteiger partial charge on any atom is -0.467 e. The number of hydrogen-bond acceptors (Lipinski definition) is 6. The highest BCUT2D eigenvalue weighted by atomic mass is 16.5. The molecule has 1 aromatic heterocycles. The SMILES string of the molecule is CCn1ccnc(N2CCOCC2C(=O)OC)c1=O. The van der Waals surface area contributed by atoms with Gasteiger partial charge >= 0.3 is 5.97 Å². The van der Waals surface area contributed by atoms with Gasteiger partial charge in [0.15, 0.2) is 11.9 Å². The van der Waals surface area contributed by atoms with Crippen LogP contribution in [0, 0.1) is 0 Å². The third-order valence-electron chi connectivity index (χ3n) is 3.11. The third-order valence-corrected chi connectivity index (χ3v) is 3.11. The van der Waals surface area contributed by atoms with Crippen LogP contribution in [-0.2, 0) is 20.8 Å². The largest absolute Gasteiger partial charge is 0.467 e. The average Bonchev–Trinajstić information content (AvgIpc) is 2.47. The summed E-state index contributed by atoms with van der Waals surface area (Å²) < 4.78 is 11.6. The van der Waals surface area contributed by atoms with E-state index in [4.69, 9.17) is 9.47 Å². The van der Waals surface area contributed by atoms with E-state index >= 15 is 0 Å². The molecular weight excluding hydrogens is 250 g/mol. The highest BCUT2D eigenvalue weighted by molar-refractivity contribution is 5.79. The highest BCUT2D eigenvalue weighted by Crippen LogP contribution is 2.14. The fourth-order valence-corrected chi connectivity index (χ4v) is 2.07. The lowest BCUT2D eigenvalue weighted by Gasteiger charge is -2.33. The molecule has 1 fully saturated rings. The van der Waals surface area contributed by atoms with Crippen molar-refractivity contribution < 1.29 is 14.3 Å². The van der Waals surface area contributed by atoms with Crippen molar-refractivity contribution >= 4 is 11.8 Å². The van der Waals surface area contributed by atoms with Crippen molar-refractivity contribution in [3.05, 3.63) is 22.7 Å². The van der Waals surface area contributed by atoms with Crippen LogP contribution >= 0.6 is 0 Å². The maximum absolute atomic E-state index is 12.2. The molecule has 0 amide bonds. The number of anilines is 1. The number of morpholine rings is 1. The number of ether oxygens (including phenoxy) is 2. The lowest BCUT2D eigenvalue weighted by molar-refractivity contribution is -0.144. The van der Waals surface area contributed by atoms with Crippen molar-refractivity contribution in [2.75, 3.05) is 31.8 Å². The molecule has 1 unspecified atom stereocenters. The molecule has 1 aliphatic heterocycles. The zero-order valence-electron chi connectivity index (χ0n) is 11.0. The number of nitrogens with zero attached hydrogens (tertiary/aromatic N) is 3. The first-order valence-electron chi connectivity index (χ1n) is 6.16. The van der Waals surface area contributed by atoms with Crippen LogP contribution in [0.5, 0.6) is 0 Å². The minimum absolute atomic E-state index is 0.203. The molecule has 0 radical (unpaired) electrons. The summed E-state index contributed by atoms with van der Waals surface area (Å²) in [6.45, 7) is 3.53. The average molecular weight is 267 g/mol. The zero-order chi connectivity index (χ0) is 13.8. The van der Waals surface area contributed by atoms with Crippen molar-refractivity contribution in [3.63, 3.8) is 0 Å². The zero-order valence-corrected chi connectivity index (χ0v) is 11.0. The summed E-state index contributed by atoms with van der Waals surface area (Å²) in [4.78, 5) is 29.7. The number of carbonyl (C=O) groups is 1. The van der Waals surface area contributed by atoms with E-state index in [2.05, 4.69) is 4.98 Å². The first kappa shape index (κ1) is 13.5. The standard InChI is InChI=1S/C12H17N3O4/c1-3-14-5-4-13-10(11(14)16)15-6-7-19-8-9(15)12(17)18-2/h4-5,9H,3,6-8H2,1-2H3. The number of hydrogen-bond donors (Lipinski definition) is 0. The van der Waals surface area contributed by atoms with Gasteiger partial charge in [-0.2, -0.15) is 0 Å². The number of methoxy groups -OCH3 is 1. The molecule has 1 atom stereocenters. The van der Waals surface area contributed by atoms with E-state index in [0.29, 0.717) is 19.7 Å². The van der Waals surface area contributed by atoms with Crippen molar-refractivity contribution in [2.45, 2.75) is 19.5 Å². The van der Waals surface area contributed by atoms with Gasteiger partial charge in [0.1, 0.15) is 0 Å². The van der Waals surface area contributed by atoms with Crippen molar-refractivity contribution in [3.8, 4) is 0 Å². The molecule has 7 heteroatoms. The summed E-state index contributed by atoms with van der Waals surface area (Å²) in [6.07, 6.45) is 3.18. The lowest BCUT2D eigenvalue weighted by atomic mass is 10.2. The predicted octanol–water partition coefficient (Wildman–Crippen LogP) is -0.359. The second-order valence-electron chi connectivity index (χ2n) is 4.15. The monoisotopic (exact) mass is 267 g/mol. The molecule has 1 saturated heterocycles. The Bertz CT molecular complexity index is 514. The molecule has 19 heavy (non-hydrogen) atoms. The van der Waals surface area contributed by atoms with Crippen LogP contribution in [0.1, 0.15) is 6.92 Å². The van der Waals surface area contributed by atoms with Gasteiger partial charge in [-0.3, -0.25) is 4.79 Å². The van der Waals surface area contributed by atoms with Gasteiger partial charge in [0, 0.05) is 25.5 Å². The number of aryl methyl sites for hydroxylation is 1. The Kier molecular flexibility index (Phi) is 4.16. The molecule has 7 nitrogen and oxygen atoms in total. The van der Waals surface area contributed by atoms with Gasteiger partial charge in [-0.1, -0.05) is 0 Å². The van der Waals surface area contributed by atoms with Crippen LogP contribution in [0.3, 0.4) is 0 Å². The number of esters is 1. The van der Waals surface area contributed by atoms with E-state index in [9.17, 15) is 9.59 Å². The summed E-state index contributed by atoms with van der Waals surface area (Å²) >= 11 is 0. The van der Waals surface area contributed by atoms with Crippen LogP contribution < -0.4 is 10.5 Å². The first-order chi connectivity index (χ1) is 9.19. The summed E-state index contributed by atoms with van der Waals surface area (Å²) in [7, 11) is 1.32. The molecule has 104 valence electrons. The Morgan fingerprint density at radius 3 is 3.11 bits per heavy atom. The Balaban J connectivity index is 2.38. The Morgan fingerprint density at radius 2 is 2.42 bits per heavy atom. The molecule has 2 rings (SSSR count). The number of carbonyl (C=O) groups excluding carboxylic acids is 1. The molecule has 1 aromatic rings. The topological polar surface area (TPSA) is 73.7 Å². The van der Waals surface area contributed by atoms with Gasteiger partial charge in [0.05, 0.1) is 20.3 Å². The summed E-state index contributed by atoms with van der Waals surface area (Å²) in [5, 5.41) is 0. The van der Waals surface area contributed by atoms with Gasteiger partial charge in [-0.25, -0.2) is 9.78 Å². The quantitative estimate of drug-likeness (QED) is 0.696. The molecule has 0 N–H and O–H groups in total. The van der Waals surface area contributed by atoms with Gasteiger partial charge in [-0.05, 0) is 6.92 Å². The molecular formula is C12H17N3O4. The van der Waals surface area contributed by atoms with E-state index in [0.717, 1.165) is 0 Å². The highest BCUT2D eigenvalue weighted by Gasteiger charge is 2.32. The molecule has 0 bridgehead atoms. The van der Waals surface area contributed by atoms with Crippen LogP contribution in [0.25, 0.3) is 0 Å². The van der Waals surface area contributed by atoms with E-state index in [1.165, 1.54) is 7.11 Å². The molecule has 0 saturated carbocycles. The molecule has 0 aliphatic carbocycles. The van der Waals surface area contributed by atoms with E-state index in [-0.39, 0.29) is 18.0 Å². The first-order valence-corrected chi connectivity index (χ1v) is 6.16. The summed E-state index contributed by atoms with van der Waals surface area (Å²) in [5.41, 5.74) is -0.208. The minimum atomic E-state index is -0.619. The van der Waals surface area contributed by atoms with Gasteiger partial charge < -0.3 is 18.9 Å². The Hall–Kier alpha value is -1.89. The van der Waals surface area contributed by atoms with E-state index in [1.807, 2.05) is 6.92 Å². The van der Waals surface area contributed by atoms with Gasteiger partial charge in [-0.15, -0.1) is 0 Å². The van der Waals surface area contributed by atoms with Crippen molar-refractivity contribution in [1.82, 2.24) is 9.55 Å². The maximum Gasteiger partial charge on any atom is 0.330 e. The maximum atomic E-state index is 12.2. The number of rotatable bonds is 3. The molecule has 0 aromatic carbocycles. The Labute approximate surface area is 110 Å². The second kappa shape index (κ2) is 5.83. The third kappa shape index (κ3) is 2.60. The Morgan fingerprint density at radius 1 is 1.63 bits per heavy atom. The molecule has 0 spiro atoms. The predicted molar refractivity (Wildman–Crippen MR) is 68.1 cm³/mol. The normalized spacial score (nSPS) is 19.3. The van der Waals surface area contributed by atoms with Crippen LogP contribution in [-0.4, -0.2) is 48.4 Å². The fourth-order valence-electron chi connectivity index (χ4n) is 2.07. The lowest BCUT2D eigenvalue weighted by Crippen LogP contribution is -2.53. The van der Waals surface area contributed by atoms with Crippen LogP contribution in [0.4, 0.5) is 5.82 Å². The van der Waals surface area contributed by atoms with E-state index < -0.39 is 12.0 Å². The second-order valence-corrected chi connectivity index (χ2v) is 4.15. The fraction of sp³-hybridized carbons (Fsp3) is 0.583.